The summed E-state index contributed by atoms with van der Waals surface area (Å²) < 4.78 is 5.93. The number of thioether (sulfide) groups is 1. The van der Waals surface area contributed by atoms with Crippen LogP contribution in [0.4, 0.5) is 0 Å². The van der Waals surface area contributed by atoms with Gasteiger partial charge in [0.1, 0.15) is 11.6 Å². The van der Waals surface area contributed by atoms with E-state index < -0.39 is 11.6 Å². The molecule has 1 aliphatic heterocycles. The normalized spacial score (nSPS) is 24.5. The van der Waals surface area contributed by atoms with Gasteiger partial charge in [0.15, 0.2) is 5.78 Å². The second-order valence-corrected chi connectivity index (χ2v) is 8.43. The SMILES string of the molecule is CCC1SCC(=O)[C@]1(C)NC(=O)[C@@H](CC(C)C)OCc1ccccc1. The van der Waals surface area contributed by atoms with E-state index in [-0.39, 0.29) is 16.9 Å². The summed E-state index contributed by atoms with van der Waals surface area (Å²) >= 11 is 1.63. The van der Waals surface area contributed by atoms with Gasteiger partial charge in [0.2, 0.25) is 5.91 Å². The lowest BCUT2D eigenvalue weighted by molar-refractivity contribution is -0.139. The van der Waals surface area contributed by atoms with E-state index in [0.717, 1.165) is 12.0 Å². The first-order chi connectivity index (χ1) is 11.9. The number of rotatable bonds is 8. The summed E-state index contributed by atoms with van der Waals surface area (Å²) in [6, 6.07) is 9.83. The number of Topliss-reactive ketones (excluding diaryl/α,β-unsaturated/α-hetero) is 1. The number of carbonyl (C=O) groups excluding carboxylic acids is 2. The summed E-state index contributed by atoms with van der Waals surface area (Å²) in [5.41, 5.74) is 0.246. The summed E-state index contributed by atoms with van der Waals surface area (Å²) in [4.78, 5) is 25.2. The smallest absolute Gasteiger partial charge is 0.249 e. The van der Waals surface area contributed by atoms with Crippen LogP contribution >= 0.6 is 11.8 Å². The second kappa shape index (κ2) is 8.86. The molecule has 25 heavy (non-hydrogen) atoms. The van der Waals surface area contributed by atoms with E-state index in [9.17, 15) is 9.59 Å². The fourth-order valence-electron chi connectivity index (χ4n) is 3.14. The third-order valence-corrected chi connectivity index (χ3v) is 6.30. The lowest BCUT2D eigenvalue weighted by atomic mass is 9.91. The van der Waals surface area contributed by atoms with Gasteiger partial charge in [0.25, 0.3) is 0 Å². The fraction of sp³-hybridized carbons (Fsp3) is 0.600. The van der Waals surface area contributed by atoms with Crippen LogP contribution in [-0.2, 0) is 20.9 Å². The maximum atomic E-state index is 12.9. The number of carbonyl (C=O) groups is 2. The number of benzene rings is 1. The summed E-state index contributed by atoms with van der Waals surface area (Å²) in [5, 5.41) is 3.14. The quantitative estimate of drug-likeness (QED) is 0.767. The Bertz CT molecular complexity index is 590. The van der Waals surface area contributed by atoms with E-state index >= 15 is 0 Å². The minimum Gasteiger partial charge on any atom is -0.364 e. The molecule has 1 saturated heterocycles. The van der Waals surface area contributed by atoms with Crippen LogP contribution < -0.4 is 5.32 Å². The van der Waals surface area contributed by atoms with Crippen molar-refractivity contribution < 1.29 is 14.3 Å². The number of ether oxygens (including phenoxy) is 1. The highest BCUT2D eigenvalue weighted by atomic mass is 32.2. The molecule has 0 bridgehead atoms. The molecular formula is C20H29NO3S. The third kappa shape index (κ3) is 5.08. The van der Waals surface area contributed by atoms with Gasteiger partial charge in [-0.15, -0.1) is 11.8 Å². The Morgan fingerprint density at radius 1 is 1.36 bits per heavy atom. The summed E-state index contributed by atoms with van der Waals surface area (Å²) in [6.45, 7) is 8.43. The van der Waals surface area contributed by atoms with Gasteiger partial charge in [-0.25, -0.2) is 0 Å². The van der Waals surface area contributed by atoms with Crippen LogP contribution in [0.1, 0.15) is 46.1 Å². The zero-order valence-corrected chi connectivity index (χ0v) is 16.4. The van der Waals surface area contributed by atoms with E-state index in [1.54, 1.807) is 11.8 Å². The van der Waals surface area contributed by atoms with Gasteiger partial charge in [0, 0.05) is 5.25 Å². The van der Waals surface area contributed by atoms with E-state index in [0.29, 0.717) is 24.7 Å². The van der Waals surface area contributed by atoms with Crippen LogP contribution in [0.25, 0.3) is 0 Å². The number of hydrogen-bond donors (Lipinski definition) is 1. The second-order valence-electron chi connectivity index (χ2n) is 7.24. The van der Waals surface area contributed by atoms with Gasteiger partial charge in [-0.05, 0) is 31.2 Å². The van der Waals surface area contributed by atoms with Gasteiger partial charge in [0.05, 0.1) is 12.4 Å². The molecule has 4 nitrogen and oxygen atoms in total. The number of amides is 1. The predicted molar refractivity (Wildman–Crippen MR) is 103 cm³/mol. The Balaban J connectivity index is 2.06. The van der Waals surface area contributed by atoms with Gasteiger partial charge < -0.3 is 10.1 Å². The number of ketones is 1. The van der Waals surface area contributed by atoms with E-state index in [4.69, 9.17) is 4.74 Å². The zero-order valence-electron chi connectivity index (χ0n) is 15.6. The molecule has 3 atom stereocenters. The van der Waals surface area contributed by atoms with Crippen LogP contribution in [0, 0.1) is 5.92 Å². The minimum atomic E-state index is -0.790. The minimum absolute atomic E-state index is 0.101. The molecule has 0 saturated carbocycles. The lowest BCUT2D eigenvalue weighted by Gasteiger charge is -2.32. The van der Waals surface area contributed by atoms with Crippen molar-refractivity contribution in [3.05, 3.63) is 35.9 Å². The fourth-order valence-corrected chi connectivity index (χ4v) is 4.55. The summed E-state index contributed by atoms with van der Waals surface area (Å²) in [7, 11) is 0. The summed E-state index contributed by atoms with van der Waals surface area (Å²) in [5.74, 6) is 0.718. The molecule has 1 amide bonds. The van der Waals surface area contributed by atoms with Crippen molar-refractivity contribution in [3.8, 4) is 0 Å². The van der Waals surface area contributed by atoms with Gasteiger partial charge in [-0.1, -0.05) is 51.1 Å². The van der Waals surface area contributed by atoms with Crippen molar-refractivity contribution in [2.75, 3.05) is 5.75 Å². The molecule has 0 aliphatic carbocycles. The maximum absolute atomic E-state index is 12.9. The molecule has 138 valence electrons. The highest BCUT2D eigenvalue weighted by molar-refractivity contribution is 8.01. The largest absolute Gasteiger partial charge is 0.364 e. The van der Waals surface area contributed by atoms with E-state index in [1.807, 2.05) is 37.3 Å². The Morgan fingerprint density at radius 2 is 2.04 bits per heavy atom. The van der Waals surface area contributed by atoms with Crippen molar-refractivity contribution in [1.29, 1.82) is 0 Å². The monoisotopic (exact) mass is 363 g/mol. The highest BCUT2D eigenvalue weighted by Gasteiger charge is 2.47. The molecule has 1 unspecified atom stereocenters. The summed E-state index contributed by atoms with van der Waals surface area (Å²) in [6.07, 6.45) is 0.938. The van der Waals surface area contributed by atoms with Crippen LogP contribution in [0.2, 0.25) is 0 Å². The third-order valence-electron chi connectivity index (χ3n) is 4.66. The van der Waals surface area contributed by atoms with Crippen LogP contribution in [0.5, 0.6) is 0 Å². The van der Waals surface area contributed by atoms with Crippen molar-refractivity contribution in [1.82, 2.24) is 5.32 Å². The van der Waals surface area contributed by atoms with Crippen molar-refractivity contribution in [2.45, 2.75) is 64.0 Å². The molecular weight excluding hydrogens is 334 g/mol. The molecule has 0 aromatic heterocycles. The molecule has 0 spiro atoms. The van der Waals surface area contributed by atoms with Gasteiger partial charge in [-0.2, -0.15) is 0 Å². The first kappa shape index (κ1) is 20.0. The average molecular weight is 364 g/mol. The van der Waals surface area contributed by atoms with Crippen LogP contribution in [0.3, 0.4) is 0 Å². The molecule has 1 aliphatic rings. The zero-order chi connectivity index (χ0) is 18.4. The van der Waals surface area contributed by atoms with Crippen molar-refractivity contribution in [3.63, 3.8) is 0 Å². The Labute approximate surface area is 155 Å². The van der Waals surface area contributed by atoms with Crippen LogP contribution in [-0.4, -0.2) is 34.3 Å². The van der Waals surface area contributed by atoms with E-state index in [1.165, 1.54) is 0 Å². The molecule has 2 rings (SSSR count). The molecule has 1 heterocycles. The molecule has 1 N–H and O–H groups in total. The Hall–Kier alpha value is -1.33. The topological polar surface area (TPSA) is 55.4 Å². The molecule has 1 aromatic carbocycles. The van der Waals surface area contributed by atoms with Gasteiger partial charge >= 0.3 is 0 Å². The van der Waals surface area contributed by atoms with Crippen molar-refractivity contribution in [2.24, 2.45) is 5.92 Å². The molecule has 5 heteroatoms. The first-order valence-corrected chi connectivity index (χ1v) is 10.0. The predicted octanol–water partition coefficient (Wildman–Crippen LogP) is 3.59. The Morgan fingerprint density at radius 3 is 2.64 bits per heavy atom. The highest BCUT2D eigenvalue weighted by Crippen LogP contribution is 2.35. The Kier molecular flexibility index (Phi) is 7.08. The maximum Gasteiger partial charge on any atom is 0.249 e. The lowest BCUT2D eigenvalue weighted by Crippen LogP contribution is -2.58. The van der Waals surface area contributed by atoms with Crippen LogP contribution in [0.15, 0.2) is 30.3 Å². The van der Waals surface area contributed by atoms with Gasteiger partial charge in [-0.3, -0.25) is 9.59 Å². The standard InChI is InChI=1S/C20H29NO3S/c1-5-18-20(4,17(22)13-25-18)21-19(23)16(11-14(2)3)24-12-15-9-7-6-8-10-15/h6-10,14,16,18H,5,11-13H2,1-4H3,(H,21,23)/t16-,18?,20+/m1/s1. The van der Waals surface area contributed by atoms with Crippen molar-refractivity contribution >= 4 is 23.5 Å². The number of hydrogen-bond acceptors (Lipinski definition) is 4. The first-order valence-electron chi connectivity index (χ1n) is 8.99. The molecule has 1 aromatic rings. The van der Waals surface area contributed by atoms with E-state index in [2.05, 4.69) is 26.1 Å². The molecule has 0 radical (unpaired) electrons. The number of nitrogens with one attached hydrogen (secondary N) is 1. The molecule has 1 fully saturated rings. The average Bonchev–Trinajstić information content (AvgIpc) is 2.86.